The van der Waals surface area contributed by atoms with Crippen LogP contribution in [0, 0.1) is 11.3 Å². The summed E-state index contributed by atoms with van der Waals surface area (Å²) in [6, 6.07) is 1.89. The normalized spacial score (nSPS) is 11.8. The molecule has 1 amide bonds. The van der Waals surface area contributed by atoms with Crippen LogP contribution in [0.2, 0.25) is 0 Å². The van der Waals surface area contributed by atoms with Crippen molar-refractivity contribution >= 4 is 17.7 Å². The minimum Gasteiger partial charge on any atom is -0.394 e. The fourth-order valence-electron chi connectivity index (χ4n) is 0.537. The van der Waals surface area contributed by atoms with Crippen LogP contribution in [0.5, 0.6) is 0 Å². The molecular weight excluding hydrogens is 192 g/mol. The van der Waals surface area contributed by atoms with Crippen molar-refractivity contribution in [1.82, 2.24) is 5.32 Å². The van der Waals surface area contributed by atoms with Crippen LogP contribution in [0.1, 0.15) is 0 Å². The van der Waals surface area contributed by atoms with Crippen LogP contribution < -0.4 is 5.32 Å². The highest BCUT2D eigenvalue weighted by molar-refractivity contribution is 8.00. The van der Waals surface area contributed by atoms with Gasteiger partial charge in [0, 0.05) is 6.54 Å². The molecule has 0 saturated heterocycles. The predicted octanol–water partition coefficient (Wildman–Crippen LogP) is -1.29. The Hall–Kier alpha value is -0.770. The van der Waals surface area contributed by atoms with Gasteiger partial charge >= 0.3 is 0 Å². The number of rotatable bonds is 6. The largest absolute Gasteiger partial charge is 0.394 e. The molecule has 0 aromatic heterocycles. The molecule has 1 atom stereocenters. The highest BCUT2D eigenvalue weighted by atomic mass is 32.2. The lowest BCUT2D eigenvalue weighted by atomic mass is 10.4. The van der Waals surface area contributed by atoms with Crippen LogP contribution in [0.3, 0.4) is 0 Å². The van der Waals surface area contributed by atoms with Crippen LogP contribution in [0.15, 0.2) is 0 Å². The second-order valence-electron chi connectivity index (χ2n) is 2.29. The summed E-state index contributed by atoms with van der Waals surface area (Å²) < 4.78 is 0. The van der Waals surface area contributed by atoms with E-state index in [1.165, 1.54) is 11.8 Å². The van der Waals surface area contributed by atoms with Gasteiger partial charge in [-0.15, -0.1) is 11.8 Å². The Morgan fingerprint density at radius 1 is 1.69 bits per heavy atom. The average molecular weight is 204 g/mol. The zero-order valence-corrected chi connectivity index (χ0v) is 7.88. The van der Waals surface area contributed by atoms with Gasteiger partial charge in [0.05, 0.1) is 30.3 Å². The van der Waals surface area contributed by atoms with Gasteiger partial charge in [0.25, 0.3) is 0 Å². The number of thioether (sulfide) groups is 1. The number of nitrogens with one attached hydrogen (secondary N) is 1. The topological polar surface area (TPSA) is 93.4 Å². The van der Waals surface area contributed by atoms with Crippen LogP contribution in [0.25, 0.3) is 0 Å². The third-order valence-corrected chi connectivity index (χ3v) is 1.94. The molecule has 0 bridgehead atoms. The van der Waals surface area contributed by atoms with Crippen LogP contribution >= 0.6 is 11.8 Å². The molecule has 0 aliphatic heterocycles. The summed E-state index contributed by atoms with van der Waals surface area (Å²) in [7, 11) is 0. The number of carbonyl (C=O) groups is 1. The minimum absolute atomic E-state index is 0.0441. The van der Waals surface area contributed by atoms with Gasteiger partial charge in [-0.1, -0.05) is 0 Å². The monoisotopic (exact) mass is 204 g/mol. The van der Waals surface area contributed by atoms with E-state index in [0.29, 0.717) is 0 Å². The van der Waals surface area contributed by atoms with E-state index in [1.807, 2.05) is 6.07 Å². The van der Waals surface area contributed by atoms with Gasteiger partial charge in [0.2, 0.25) is 5.91 Å². The Morgan fingerprint density at radius 3 is 2.92 bits per heavy atom. The molecule has 13 heavy (non-hydrogen) atoms. The van der Waals surface area contributed by atoms with E-state index >= 15 is 0 Å². The Kier molecular flexibility index (Phi) is 7.39. The number of nitrogens with zero attached hydrogens (tertiary/aromatic N) is 1. The summed E-state index contributed by atoms with van der Waals surface area (Å²) in [5, 5.41) is 27.8. The highest BCUT2D eigenvalue weighted by Crippen LogP contribution is 1.96. The van der Waals surface area contributed by atoms with Crippen LogP contribution in [-0.4, -0.2) is 46.9 Å². The Labute approximate surface area is 80.7 Å². The average Bonchev–Trinajstić information content (AvgIpc) is 2.14. The van der Waals surface area contributed by atoms with Crippen LogP contribution in [-0.2, 0) is 4.79 Å². The first kappa shape index (κ1) is 12.2. The van der Waals surface area contributed by atoms with E-state index in [-0.39, 0.29) is 30.6 Å². The molecule has 1 unspecified atom stereocenters. The third-order valence-electron chi connectivity index (χ3n) is 1.15. The number of nitriles is 1. The van der Waals surface area contributed by atoms with E-state index in [1.54, 1.807) is 0 Å². The summed E-state index contributed by atoms with van der Waals surface area (Å²) in [6.07, 6.45) is -0.912. The van der Waals surface area contributed by atoms with Gasteiger partial charge in [0.1, 0.15) is 0 Å². The molecule has 0 spiro atoms. The second kappa shape index (κ2) is 7.86. The molecular formula is C7H12N2O3S. The SMILES string of the molecule is N#CCSCC(=O)NCC(O)CO. The molecule has 0 aromatic carbocycles. The maximum Gasteiger partial charge on any atom is 0.230 e. The predicted molar refractivity (Wildman–Crippen MR) is 49.0 cm³/mol. The first-order valence-electron chi connectivity index (χ1n) is 3.71. The maximum absolute atomic E-state index is 10.9. The molecule has 0 radical (unpaired) electrons. The van der Waals surface area contributed by atoms with Gasteiger partial charge < -0.3 is 15.5 Å². The van der Waals surface area contributed by atoms with Crippen molar-refractivity contribution in [3.05, 3.63) is 0 Å². The van der Waals surface area contributed by atoms with Crippen LogP contribution in [0.4, 0.5) is 0 Å². The molecule has 0 heterocycles. The van der Waals surface area contributed by atoms with Crippen molar-refractivity contribution in [3.8, 4) is 6.07 Å². The van der Waals surface area contributed by atoms with Crippen molar-refractivity contribution in [2.45, 2.75) is 6.10 Å². The fraction of sp³-hybridized carbons (Fsp3) is 0.714. The molecule has 5 nitrogen and oxygen atoms in total. The fourth-order valence-corrected chi connectivity index (χ4v) is 1.02. The van der Waals surface area contributed by atoms with E-state index in [4.69, 9.17) is 15.5 Å². The quantitative estimate of drug-likeness (QED) is 0.468. The van der Waals surface area contributed by atoms with Gasteiger partial charge in [-0.05, 0) is 0 Å². The van der Waals surface area contributed by atoms with E-state index in [0.717, 1.165) is 0 Å². The summed E-state index contributed by atoms with van der Waals surface area (Å²) >= 11 is 1.20. The molecule has 74 valence electrons. The van der Waals surface area contributed by atoms with Crippen molar-refractivity contribution in [2.75, 3.05) is 24.7 Å². The molecule has 0 aromatic rings. The molecule has 0 fully saturated rings. The van der Waals surface area contributed by atoms with Crippen molar-refractivity contribution in [1.29, 1.82) is 5.26 Å². The summed E-state index contributed by atoms with van der Waals surface area (Å²) in [4.78, 5) is 10.9. The summed E-state index contributed by atoms with van der Waals surface area (Å²) in [6.45, 7) is -0.325. The summed E-state index contributed by atoms with van der Waals surface area (Å²) in [5.41, 5.74) is 0. The molecule has 3 N–H and O–H groups in total. The zero-order valence-electron chi connectivity index (χ0n) is 7.06. The van der Waals surface area contributed by atoms with Crippen molar-refractivity contribution < 1.29 is 15.0 Å². The third kappa shape index (κ3) is 7.59. The van der Waals surface area contributed by atoms with Gasteiger partial charge in [-0.25, -0.2) is 0 Å². The number of aliphatic hydroxyl groups is 2. The number of hydrogen-bond donors (Lipinski definition) is 3. The Morgan fingerprint density at radius 2 is 2.38 bits per heavy atom. The number of hydrogen-bond acceptors (Lipinski definition) is 5. The van der Waals surface area contributed by atoms with E-state index in [9.17, 15) is 4.79 Å². The molecule has 0 saturated carbocycles. The van der Waals surface area contributed by atoms with Crippen molar-refractivity contribution in [3.63, 3.8) is 0 Å². The molecule has 6 heteroatoms. The lowest BCUT2D eigenvalue weighted by molar-refractivity contribution is -0.119. The first-order chi connectivity index (χ1) is 6.20. The van der Waals surface area contributed by atoms with E-state index < -0.39 is 6.10 Å². The number of amides is 1. The maximum atomic E-state index is 10.9. The van der Waals surface area contributed by atoms with Gasteiger partial charge in [-0.2, -0.15) is 5.26 Å². The zero-order chi connectivity index (χ0) is 10.1. The van der Waals surface area contributed by atoms with Gasteiger partial charge in [0.15, 0.2) is 0 Å². The smallest absolute Gasteiger partial charge is 0.230 e. The first-order valence-corrected chi connectivity index (χ1v) is 4.86. The van der Waals surface area contributed by atoms with Gasteiger partial charge in [-0.3, -0.25) is 4.79 Å². The number of aliphatic hydroxyl groups excluding tert-OH is 2. The molecule has 0 aliphatic carbocycles. The Balaban J connectivity index is 3.36. The standard InChI is InChI=1S/C7H12N2O3S/c8-1-2-13-5-7(12)9-3-6(11)4-10/h6,10-11H,2-5H2,(H,9,12). The highest BCUT2D eigenvalue weighted by Gasteiger charge is 2.04. The second-order valence-corrected chi connectivity index (χ2v) is 3.28. The minimum atomic E-state index is -0.912. The summed E-state index contributed by atoms with van der Waals surface area (Å²) in [5.74, 6) is 0.231. The number of carbonyl (C=O) groups excluding carboxylic acids is 1. The van der Waals surface area contributed by atoms with E-state index in [2.05, 4.69) is 5.32 Å². The lowest BCUT2D eigenvalue weighted by Gasteiger charge is -2.07. The molecule has 0 rings (SSSR count). The Bertz CT molecular complexity index is 193. The molecule has 0 aliphatic rings. The van der Waals surface area contributed by atoms with Crippen molar-refractivity contribution in [2.24, 2.45) is 0 Å². The lowest BCUT2D eigenvalue weighted by Crippen LogP contribution is -2.34.